The lowest BCUT2D eigenvalue weighted by Gasteiger charge is -2.08. The molecular weight excluding hydrogens is 420 g/mol. The van der Waals surface area contributed by atoms with Crippen LogP contribution in [0, 0.1) is 0 Å². The highest BCUT2D eigenvalue weighted by Gasteiger charge is 2.13. The standard InChI is InChI=1S/C22H20N2O6S/c1-27-18-8-7-14(11-19(18)28-2)21-23-15(13-31-21)12-29-20(25)9-10-24-16-5-3-4-6-17(16)30-22(24)26/h3-8,11,13H,9-10,12H2,1-2H3. The van der Waals surface area contributed by atoms with E-state index in [1.165, 1.54) is 15.9 Å². The molecule has 0 radical (unpaired) electrons. The number of aryl methyl sites for hydroxylation is 1. The van der Waals surface area contributed by atoms with Gasteiger partial charge in [0.25, 0.3) is 0 Å². The van der Waals surface area contributed by atoms with Gasteiger partial charge in [-0.3, -0.25) is 9.36 Å². The molecule has 4 aromatic rings. The summed E-state index contributed by atoms with van der Waals surface area (Å²) in [4.78, 5) is 28.7. The van der Waals surface area contributed by atoms with Gasteiger partial charge in [-0.1, -0.05) is 12.1 Å². The van der Waals surface area contributed by atoms with E-state index in [0.29, 0.717) is 28.3 Å². The molecule has 0 aliphatic carbocycles. The predicted molar refractivity (Wildman–Crippen MR) is 116 cm³/mol. The second kappa shape index (κ2) is 9.05. The Morgan fingerprint density at radius 3 is 2.74 bits per heavy atom. The molecule has 0 bridgehead atoms. The summed E-state index contributed by atoms with van der Waals surface area (Å²) in [5, 5.41) is 2.62. The van der Waals surface area contributed by atoms with Crippen molar-refractivity contribution in [2.24, 2.45) is 0 Å². The van der Waals surface area contributed by atoms with E-state index >= 15 is 0 Å². The summed E-state index contributed by atoms with van der Waals surface area (Å²) in [5.74, 6) is 0.345. The molecule has 0 aliphatic heterocycles. The van der Waals surface area contributed by atoms with Gasteiger partial charge in [-0.15, -0.1) is 11.3 Å². The average Bonchev–Trinajstić information content (AvgIpc) is 3.39. The third kappa shape index (κ3) is 4.46. The Labute approximate surface area is 181 Å². The van der Waals surface area contributed by atoms with E-state index < -0.39 is 11.7 Å². The third-order valence-electron chi connectivity index (χ3n) is 4.68. The Kier molecular flexibility index (Phi) is 6.03. The van der Waals surface area contributed by atoms with E-state index in [0.717, 1.165) is 10.6 Å². The van der Waals surface area contributed by atoms with Crippen LogP contribution in [-0.4, -0.2) is 29.7 Å². The van der Waals surface area contributed by atoms with Crippen LogP contribution in [0.4, 0.5) is 0 Å². The van der Waals surface area contributed by atoms with E-state index in [1.807, 2.05) is 29.6 Å². The largest absolute Gasteiger partial charge is 0.493 e. The van der Waals surface area contributed by atoms with Crippen molar-refractivity contribution in [3.63, 3.8) is 0 Å². The van der Waals surface area contributed by atoms with Gasteiger partial charge in [-0.25, -0.2) is 9.78 Å². The molecule has 2 aromatic heterocycles. The van der Waals surface area contributed by atoms with Crippen LogP contribution in [0.15, 0.2) is 57.1 Å². The number of ether oxygens (including phenoxy) is 3. The average molecular weight is 440 g/mol. The maximum atomic E-state index is 12.2. The summed E-state index contributed by atoms with van der Waals surface area (Å²) >= 11 is 1.45. The zero-order valence-corrected chi connectivity index (χ0v) is 17.8. The first-order chi connectivity index (χ1) is 15.1. The molecule has 8 nitrogen and oxygen atoms in total. The Morgan fingerprint density at radius 1 is 1.13 bits per heavy atom. The number of hydrogen-bond acceptors (Lipinski definition) is 8. The zero-order chi connectivity index (χ0) is 21.8. The minimum absolute atomic E-state index is 0.0517. The maximum absolute atomic E-state index is 12.2. The van der Waals surface area contributed by atoms with Crippen LogP contribution >= 0.6 is 11.3 Å². The number of carbonyl (C=O) groups excluding carboxylic acids is 1. The molecular formula is C22H20N2O6S. The van der Waals surface area contributed by atoms with Gasteiger partial charge >= 0.3 is 11.7 Å². The molecule has 0 fully saturated rings. The number of oxazole rings is 1. The number of thiazole rings is 1. The highest BCUT2D eigenvalue weighted by atomic mass is 32.1. The molecule has 0 atom stereocenters. The molecule has 0 aliphatic rings. The second-order valence-electron chi connectivity index (χ2n) is 6.61. The fourth-order valence-corrected chi connectivity index (χ4v) is 3.93. The number of methoxy groups -OCH3 is 2. The van der Waals surface area contributed by atoms with Crippen molar-refractivity contribution in [3.8, 4) is 22.1 Å². The number of para-hydroxylation sites is 2. The molecule has 0 saturated carbocycles. The lowest BCUT2D eigenvalue weighted by atomic mass is 10.2. The van der Waals surface area contributed by atoms with Crippen LogP contribution in [0.5, 0.6) is 11.5 Å². The van der Waals surface area contributed by atoms with Crippen molar-refractivity contribution < 1.29 is 23.4 Å². The number of fused-ring (bicyclic) bond motifs is 1. The smallest absolute Gasteiger partial charge is 0.419 e. The monoisotopic (exact) mass is 440 g/mol. The van der Waals surface area contributed by atoms with E-state index in [2.05, 4.69) is 4.98 Å². The zero-order valence-electron chi connectivity index (χ0n) is 17.0. The maximum Gasteiger partial charge on any atom is 0.419 e. The van der Waals surface area contributed by atoms with Crippen molar-refractivity contribution in [2.75, 3.05) is 14.2 Å². The second-order valence-corrected chi connectivity index (χ2v) is 7.47. The quantitative estimate of drug-likeness (QED) is 0.384. The molecule has 0 amide bonds. The molecule has 4 rings (SSSR count). The van der Waals surface area contributed by atoms with Gasteiger partial charge < -0.3 is 18.6 Å². The number of hydrogen-bond donors (Lipinski definition) is 0. The summed E-state index contributed by atoms with van der Waals surface area (Å²) < 4.78 is 22.5. The summed E-state index contributed by atoms with van der Waals surface area (Å²) in [6, 6.07) is 12.6. The summed E-state index contributed by atoms with van der Waals surface area (Å²) in [6.07, 6.45) is 0.0517. The molecule has 0 N–H and O–H groups in total. The normalized spacial score (nSPS) is 10.9. The number of aromatic nitrogens is 2. The first kappa shape index (κ1) is 20.7. The number of nitrogens with zero attached hydrogens (tertiary/aromatic N) is 2. The molecule has 2 heterocycles. The van der Waals surface area contributed by atoms with Crippen LogP contribution in [0.2, 0.25) is 0 Å². The van der Waals surface area contributed by atoms with Crippen molar-refractivity contribution in [1.29, 1.82) is 0 Å². The highest BCUT2D eigenvalue weighted by molar-refractivity contribution is 7.13. The van der Waals surface area contributed by atoms with Crippen LogP contribution in [-0.2, 0) is 22.7 Å². The molecule has 0 spiro atoms. The Balaban J connectivity index is 1.36. The van der Waals surface area contributed by atoms with Crippen LogP contribution in [0.1, 0.15) is 12.1 Å². The predicted octanol–water partition coefficient (Wildman–Crippen LogP) is 3.87. The minimum Gasteiger partial charge on any atom is -0.493 e. The number of carbonyl (C=O) groups is 1. The van der Waals surface area contributed by atoms with Crippen molar-refractivity contribution in [3.05, 3.63) is 64.1 Å². The molecule has 0 saturated heterocycles. The van der Waals surface area contributed by atoms with Gasteiger partial charge in [-0.2, -0.15) is 0 Å². The molecule has 160 valence electrons. The fourth-order valence-electron chi connectivity index (χ4n) is 3.13. The number of benzene rings is 2. The Hall–Kier alpha value is -3.59. The first-order valence-corrected chi connectivity index (χ1v) is 10.4. The Morgan fingerprint density at radius 2 is 1.94 bits per heavy atom. The fraction of sp³-hybridized carbons (Fsp3) is 0.227. The summed E-state index contributed by atoms with van der Waals surface area (Å²) in [5.41, 5.74) is 2.67. The van der Waals surface area contributed by atoms with Gasteiger partial charge in [-0.05, 0) is 30.3 Å². The van der Waals surface area contributed by atoms with Gasteiger partial charge in [0.15, 0.2) is 17.1 Å². The molecule has 0 unspecified atom stereocenters. The molecule has 9 heteroatoms. The van der Waals surface area contributed by atoms with E-state index in [-0.39, 0.29) is 19.6 Å². The van der Waals surface area contributed by atoms with Gasteiger partial charge in [0.2, 0.25) is 0 Å². The highest BCUT2D eigenvalue weighted by Crippen LogP contribution is 2.33. The molecule has 2 aromatic carbocycles. The number of esters is 1. The first-order valence-electron chi connectivity index (χ1n) is 9.50. The van der Waals surface area contributed by atoms with E-state index in [1.54, 1.807) is 32.4 Å². The van der Waals surface area contributed by atoms with Crippen LogP contribution < -0.4 is 15.2 Å². The topological polar surface area (TPSA) is 92.8 Å². The summed E-state index contributed by atoms with van der Waals surface area (Å²) in [6.45, 7) is 0.242. The van der Waals surface area contributed by atoms with Gasteiger partial charge in [0.05, 0.1) is 31.9 Å². The van der Waals surface area contributed by atoms with Crippen LogP contribution in [0.25, 0.3) is 21.7 Å². The van der Waals surface area contributed by atoms with E-state index in [9.17, 15) is 9.59 Å². The third-order valence-corrected chi connectivity index (χ3v) is 5.62. The SMILES string of the molecule is COc1ccc(-c2nc(COC(=O)CCn3c(=O)oc4ccccc43)cs2)cc1OC. The van der Waals surface area contributed by atoms with E-state index in [4.69, 9.17) is 18.6 Å². The minimum atomic E-state index is -0.493. The van der Waals surface area contributed by atoms with Gasteiger partial charge in [0.1, 0.15) is 11.6 Å². The number of rotatable bonds is 8. The Bertz CT molecular complexity index is 1270. The van der Waals surface area contributed by atoms with Crippen LogP contribution in [0.3, 0.4) is 0 Å². The van der Waals surface area contributed by atoms with Crippen molar-refractivity contribution >= 4 is 28.4 Å². The molecule has 31 heavy (non-hydrogen) atoms. The van der Waals surface area contributed by atoms with Crippen molar-refractivity contribution in [1.82, 2.24) is 9.55 Å². The van der Waals surface area contributed by atoms with Gasteiger partial charge in [0, 0.05) is 17.5 Å². The lowest BCUT2D eigenvalue weighted by molar-refractivity contribution is -0.145. The lowest BCUT2D eigenvalue weighted by Crippen LogP contribution is -2.17. The summed E-state index contributed by atoms with van der Waals surface area (Å²) in [7, 11) is 3.16. The van der Waals surface area contributed by atoms with Crippen molar-refractivity contribution in [2.45, 2.75) is 19.6 Å².